The highest BCUT2D eigenvalue weighted by Crippen LogP contribution is 2.53. The Hall–Kier alpha value is -5.80. The van der Waals surface area contributed by atoms with Crippen molar-refractivity contribution in [3.8, 4) is 56.2 Å². The van der Waals surface area contributed by atoms with Crippen LogP contribution in [0.2, 0.25) is 0 Å². The number of nitrogens with zero attached hydrogens (tertiary/aromatic N) is 2. The second-order valence-electron chi connectivity index (χ2n) is 12.6. The summed E-state index contributed by atoms with van der Waals surface area (Å²) in [5.41, 5.74) is 14.2. The van der Waals surface area contributed by atoms with Crippen molar-refractivity contribution in [3.05, 3.63) is 157 Å². The Labute approximate surface area is 267 Å². The van der Waals surface area contributed by atoms with Gasteiger partial charge in [-0.05, 0) is 52.1 Å². The molecule has 0 amide bonds. The van der Waals surface area contributed by atoms with E-state index < -0.39 is 0 Å². The van der Waals surface area contributed by atoms with Crippen LogP contribution in [0.5, 0.6) is 0 Å². The first-order valence-corrected chi connectivity index (χ1v) is 15.7. The minimum atomic E-state index is -0.201. The third kappa shape index (κ3) is 4.13. The Morgan fingerprint density at radius 1 is 0.478 bits per heavy atom. The summed E-state index contributed by atoms with van der Waals surface area (Å²) in [6.07, 6.45) is 0. The van der Waals surface area contributed by atoms with Gasteiger partial charge in [-0.1, -0.05) is 135 Å². The highest BCUT2D eigenvalue weighted by atomic mass is 16.3. The molecule has 8 aromatic rings. The number of rotatable bonds is 4. The molecule has 3 nitrogen and oxygen atoms in total. The lowest BCUT2D eigenvalue weighted by atomic mass is 9.81. The summed E-state index contributed by atoms with van der Waals surface area (Å²) in [5, 5.41) is 2.35. The maximum atomic E-state index is 6.49. The fourth-order valence-electron chi connectivity index (χ4n) is 7.15. The van der Waals surface area contributed by atoms with Crippen LogP contribution in [0.3, 0.4) is 0 Å². The van der Waals surface area contributed by atoms with Gasteiger partial charge in [-0.2, -0.15) is 0 Å². The molecule has 2 aromatic heterocycles. The van der Waals surface area contributed by atoms with Gasteiger partial charge in [0.25, 0.3) is 0 Å². The molecular weight excluding hydrogens is 560 g/mol. The second kappa shape index (κ2) is 10.1. The topological polar surface area (TPSA) is 38.9 Å². The fraction of sp³-hybridized carbons (Fsp3) is 0.0698. The van der Waals surface area contributed by atoms with E-state index in [0.29, 0.717) is 5.82 Å². The first-order valence-electron chi connectivity index (χ1n) is 15.7. The molecule has 218 valence electrons. The van der Waals surface area contributed by atoms with E-state index >= 15 is 0 Å². The van der Waals surface area contributed by atoms with Gasteiger partial charge in [0.05, 0.1) is 11.4 Å². The summed E-state index contributed by atoms with van der Waals surface area (Å²) >= 11 is 0. The summed E-state index contributed by atoms with van der Waals surface area (Å²) in [4.78, 5) is 10.0. The molecule has 0 spiro atoms. The first-order chi connectivity index (χ1) is 22.5. The summed E-state index contributed by atoms with van der Waals surface area (Å²) in [6.45, 7) is 4.64. The van der Waals surface area contributed by atoms with E-state index in [4.69, 9.17) is 14.4 Å². The predicted octanol–water partition coefficient (Wildman–Crippen LogP) is 11.4. The average molecular weight is 591 g/mol. The Bertz CT molecular complexity index is 2360. The molecule has 0 radical (unpaired) electrons. The SMILES string of the molecule is CC1(C)c2cc(-c3ccc(-c4nc(-c5ccccc5)cc(-c5ccccc5)n4)cc3)ccc2-c2ccc3c(oc4ccccc43)c21. The minimum absolute atomic E-state index is 0.201. The largest absolute Gasteiger partial charge is 0.456 e. The zero-order valence-electron chi connectivity index (χ0n) is 25.7. The van der Waals surface area contributed by atoms with Crippen molar-refractivity contribution in [2.24, 2.45) is 0 Å². The lowest BCUT2D eigenvalue weighted by Gasteiger charge is -2.22. The van der Waals surface area contributed by atoms with Crippen molar-refractivity contribution in [2.75, 3.05) is 0 Å². The van der Waals surface area contributed by atoms with Crippen LogP contribution in [-0.4, -0.2) is 9.97 Å². The number of hydrogen-bond acceptors (Lipinski definition) is 3. The van der Waals surface area contributed by atoms with Gasteiger partial charge in [0, 0.05) is 38.4 Å². The van der Waals surface area contributed by atoms with E-state index in [1.54, 1.807) is 0 Å². The predicted molar refractivity (Wildman–Crippen MR) is 189 cm³/mol. The highest BCUT2D eigenvalue weighted by Gasteiger charge is 2.38. The summed E-state index contributed by atoms with van der Waals surface area (Å²) < 4.78 is 6.49. The van der Waals surface area contributed by atoms with Crippen molar-refractivity contribution in [3.63, 3.8) is 0 Å². The molecular formula is C43H30N2O. The molecule has 0 aliphatic heterocycles. The molecule has 6 aromatic carbocycles. The molecule has 9 rings (SSSR count). The average Bonchev–Trinajstić information content (AvgIpc) is 3.60. The number of fused-ring (bicyclic) bond motifs is 7. The third-order valence-electron chi connectivity index (χ3n) is 9.50. The molecule has 46 heavy (non-hydrogen) atoms. The molecule has 1 aliphatic carbocycles. The highest BCUT2D eigenvalue weighted by molar-refractivity contribution is 6.09. The van der Waals surface area contributed by atoms with Crippen LogP contribution >= 0.6 is 0 Å². The van der Waals surface area contributed by atoms with Gasteiger partial charge in [-0.25, -0.2) is 9.97 Å². The zero-order valence-corrected chi connectivity index (χ0v) is 25.7. The summed E-state index contributed by atoms with van der Waals surface area (Å²) in [5.74, 6) is 0.715. The van der Waals surface area contributed by atoms with Crippen LogP contribution in [0.4, 0.5) is 0 Å². The Morgan fingerprint density at radius 3 is 1.76 bits per heavy atom. The molecule has 1 aliphatic rings. The van der Waals surface area contributed by atoms with Crippen LogP contribution in [0.1, 0.15) is 25.0 Å². The molecule has 0 N–H and O–H groups in total. The second-order valence-corrected chi connectivity index (χ2v) is 12.6. The molecule has 2 heterocycles. The number of benzene rings is 6. The quantitative estimate of drug-likeness (QED) is 0.205. The molecule has 0 saturated heterocycles. The van der Waals surface area contributed by atoms with Crippen LogP contribution in [-0.2, 0) is 5.41 Å². The van der Waals surface area contributed by atoms with Gasteiger partial charge in [0.2, 0.25) is 0 Å². The normalized spacial score (nSPS) is 13.2. The van der Waals surface area contributed by atoms with E-state index in [9.17, 15) is 0 Å². The van der Waals surface area contributed by atoms with E-state index in [1.165, 1.54) is 38.6 Å². The van der Waals surface area contributed by atoms with Gasteiger partial charge in [0.15, 0.2) is 5.82 Å². The van der Waals surface area contributed by atoms with Crippen molar-refractivity contribution in [1.82, 2.24) is 9.97 Å². The Kier molecular flexibility index (Phi) is 5.85. The van der Waals surface area contributed by atoms with Gasteiger partial charge in [0.1, 0.15) is 11.2 Å². The molecule has 3 heteroatoms. The molecule has 0 atom stereocenters. The van der Waals surface area contributed by atoms with Crippen LogP contribution < -0.4 is 0 Å². The number of furan rings is 1. The van der Waals surface area contributed by atoms with E-state index in [2.05, 4.69) is 117 Å². The number of aromatic nitrogens is 2. The molecule has 0 unspecified atom stereocenters. The molecule has 0 fully saturated rings. The molecule has 0 bridgehead atoms. The van der Waals surface area contributed by atoms with Crippen molar-refractivity contribution in [2.45, 2.75) is 19.3 Å². The number of hydrogen-bond donors (Lipinski definition) is 0. The van der Waals surface area contributed by atoms with Crippen molar-refractivity contribution in [1.29, 1.82) is 0 Å². The van der Waals surface area contributed by atoms with Crippen molar-refractivity contribution < 1.29 is 4.42 Å². The van der Waals surface area contributed by atoms with Gasteiger partial charge in [-0.15, -0.1) is 0 Å². The number of para-hydroxylation sites is 1. The summed E-state index contributed by atoms with van der Waals surface area (Å²) in [7, 11) is 0. The lowest BCUT2D eigenvalue weighted by molar-refractivity contribution is 0.620. The van der Waals surface area contributed by atoms with Gasteiger partial charge >= 0.3 is 0 Å². The maximum Gasteiger partial charge on any atom is 0.160 e. The molecule has 0 saturated carbocycles. The Morgan fingerprint density at radius 2 is 1.07 bits per heavy atom. The van der Waals surface area contributed by atoms with Crippen LogP contribution in [0.15, 0.2) is 150 Å². The standard InChI is InChI=1S/C43H30N2O/c1-43(2)36-25-31(21-22-32(36)34-23-24-35-33-15-9-10-16-39(33)46-41(35)40(34)43)27-17-19-30(20-18-27)42-44-37(28-11-5-3-6-12-28)26-38(45-42)29-13-7-4-8-14-29/h3-26H,1-2H3. The maximum absolute atomic E-state index is 6.49. The smallest absolute Gasteiger partial charge is 0.160 e. The van der Waals surface area contributed by atoms with E-state index in [1.807, 2.05) is 42.5 Å². The summed E-state index contributed by atoms with van der Waals surface area (Å²) in [6, 6.07) is 51.0. The monoisotopic (exact) mass is 590 g/mol. The zero-order chi connectivity index (χ0) is 30.8. The van der Waals surface area contributed by atoms with Crippen LogP contribution in [0.25, 0.3) is 78.1 Å². The lowest BCUT2D eigenvalue weighted by Crippen LogP contribution is -2.15. The minimum Gasteiger partial charge on any atom is -0.456 e. The Balaban J connectivity index is 1.10. The van der Waals surface area contributed by atoms with E-state index in [0.717, 1.165) is 44.8 Å². The van der Waals surface area contributed by atoms with Gasteiger partial charge in [-0.3, -0.25) is 0 Å². The third-order valence-corrected chi connectivity index (χ3v) is 9.50. The fourth-order valence-corrected chi connectivity index (χ4v) is 7.15. The van der Waals surface area contributed by atoms with Gasteiger partial charge < -0.3 is 4.42 Å². The van der Waals surface area contributed by atoms with Crippen molar-refractivity contribution >= 4 is 21.9 Å². The first kappa shape index (κ1) is 26.6. The van der Waals surface area contributed by atoms with Crippen LogP contribution in [0, 0.1) is 0 Å². The van der Waals surface area contributed by atoms with E-state index in [-0.39, 0.29) is 5.41 Å².